The zero-order valence-electron chi connectivity index (χ0n) is 19.1. The quantitative estimate of drug-likeness (QED) is 0.530. The van der Waals surface area contributed by atoms with Crippen molar-refractivity contribution in [2.45, 2.75) is 19.4 Å². The number of nitrogens with one attached hydrogen (secondary N) is 2. The van der Waals surface area contributed by atoms with Crippen molar-refractivity contribution in [3.05, 3.63) is 36.3 Å². The van der Waals surface area contributed by atoms with Crippen LogP contribution in [0.5, 0.6) is 0 Å². The normalized spacial score (nSPS) is 17.4. The molecule has 0 bridgehead atoms. The molecule has 5 rings (SSSR count). The van der Waals surface area contributed by atoms with Crippen molar-refractivity contribution < 1.29 is 9.84 Å². The summed E-state index contributed by atoms with van der Waals surface area (Å²) < 4.78 is 5.51. The van der Waals surface area contributed by atoms with Crippen LogP contribution in [0.2, 0.25) is 0 Å². The Morgan fingerprint density at radius 3 is 2.48 bits per heavy atom. The first-order valence-electron chi connectivity index (χ1n) is 11.4. The van der Waals surface area contributed by atoms with Gasteiger partial charge in [-0.3, -0.25) is 0 Å². The largest absolute Gasteiger partial charge is 0.384 e. The number of hydrogen-bond acceptors (Lipinski definition) is 10. The van der Waals surface area contributed by atoms with Gasteiger partial charge in [0.05, 0.1) is 30.8 Å². The molecule has 0 saturated carbocycles. The molecule has 5 heterocycles. The molecule has 10 heteroatoms. The van der Waals surface area contributed by atoms with Crippen molar-refractivity contribution in [1.29, 1.82) is 0 Å². The minimum absolute atomic E-state index is 0.456. The monoisotopic (exact) mass is 450 g/mol. The summed E-state index contributed by atoms with van der Waals surface area (Å²) in [6, 6.07) is 5.87. The van der Waals surface area contributed by atoms with E-state index >= 15 is 0 Å². The highest BCUT2D eigenvalue weighted by Gasteiger charge is 2.24. The summed E-state index contributed by atoms with van der Waals surface area (Å²) in [5, 5.41) is 18.0. The smallest absolute Gasteiger partial charge is 0.229 e. The van der Waals surface area contributed by atoms with Gasteiger partial charge in [0.15, 0.2) is 5.82 Å². The summed E-state index contributed by atoms with van der Waals surface area (Å²) in [6.45, 7) is 10.1. The lowest BCUT2D eigenvalue weighted by Gasteiger charge is -2.30. The van der Waals surface area contributed by atoms with E-state index in [1.807, 2.05) is 18.3 Å². The molecule has 0 amide bonds. The first-order chi connectivity index (χ1) is 16.0. The maximum Gasteiger partial charge on any atom is 0.229 e. The van der Waals surface area contributed by atoms with Crippen LogP contribution in [0.3, 0.4) is 0 Å². The Morgan fingerprint density at radius 2 is 1.79 bits per heavy atom. The molecule has 0 spiro atoms. The lowest BCUT2D eigenvalue weighted by molar-refractivity contribution is 0.0740. The molecule has 0 aromatic carbocycles. The van der Waals surface area contributed by atoms with Crippen LogP contribution in [0.1, 0.15) is 19.5 Å². The lowest BCUT2D eigenvalue weighted by Crippen LogP contribution is -2.43. The van der Waals surface area contributed by atoms with E-state index in [1.54, 1.807) is 20.0 Å². The number of fused-ring (bicyclic) bond motifs is 1. The Labute approximate surface area is 193 Å². The Balaban J connectivity index is 1.44. The number of ether oxygens (including phenoxy) is 1. The number of morpholine rings is 1. The van der Waals surface area contributed by atoms with E-state index in [-0.39, 0.29) is 0 Å². The van der Waals surface area contributed by atoms with Gasteiger partial charge in [0.25, 0.3) is 0 Å². The fourth-order valence-electron chi connectivity index (χ4n) is 4.08. The van der Waals surface area contributed by atoms with Crippen molar-refractivity contribution in [2.75, 3.05) is 67.6 Å². The van der Waals surface area contributed by atoms with Crippen LogP contribution in [-0.4, -0.2) is 77.5 Å². The summed E-state index contributed by atoms with van der Waals surface area (Å²) in [7, 11) is 0. The van der Waals surface area contributed by atoms with E-state index < -0.39 is 5.60 Å². The zero-order valence-corrected chi connectivity index (χ0v) is 19.1. The second kappa shape index (κ2) is 9.05. The van der Waals surface area contributed by atoms with Crippen LogP contribution < -0.4 is 20.4 Å². The second-order valence-corrected chi connectivity index (χ2v) is 8.88. The zero-order chi connectivity index (χ0) is 22.8. The fraction of sp³-hybridized carbons (Fsp3) is 0.478. The summed E-state index contributed by atoms with van der Waals surface area (Å²) in [5.74, 6) is 1.87. The molecule has 174 valence electrons. The number of aromatic nitrogens is 4. The minimum Gasteiger partial charge on any atom is -0.384 e. The molecule has 0 unspecified atom stereocenters. The highest BCUT2D eigenvalue weighted by molar-refractivity contribution is 5.89. The Hall–Kier alpha value is -3.08. The third-order valence-electron chi connectivity index (χ3n) is 5.95. The van der Waals surface area contributed by atoms with Crippen LogP contribution in [0.4, 0.5) is 23.3 Å². The van der Waals surface area contributed by atoms with E-state index in [4.69, 9.17) is 14.7 Å². The highest BCUT2D eigenvalue weighted by atomic mass is 16.5. The first-order valence-corrected chi connectivity index (χ1v) is 11.4. The van der Waals surface area contributed by atoms with Crippen molar-refractivity contribution in [3.63, 3.8) is 0 Å². The third-order valence-corrected chi connectivity index (χ3v) is 5.95. The van der Waals surface area contributed by atoms with Gasteiger partial charge >= 0.3 is 0 Å². The average molecular weight is 451 g/mol. The summed E-state index contributed by atoms with van der Waals surface area (Å²) in [5.41, 5.74) is 1.37. The standard InChI is InChI=1S/C23H30N8O2/c1-23(2,32)18-13-16-14-26-22(29-20(16)21(27-18)31-9-11-33-12-10-31)28-19-4-3-17(15-25-19)30-7-5-24-6-8-30/h3-4,13-15,24,32H,5-12H2,1-2H3,(H,25,26,28,29). The second-order valence-electron chi connectivity index (χ2n) is 8.88. The number of nitrogens with zero attached hydrogens (tertiary/aromatic N) is 6. The molecule has 2 saturated heterocycles. The number of hydrogen-bond donors (Lipinski definition) is 3. The van der Waals surface area contributed by atoms with Crippen molar-refractivity contribution in [2.24, 2.45) is 0 Å². The van der Waals surface area contributed by atoms with Crippen LogP contribution in [0.25, 0.3) is 10.9 Å². The Bertz CT molecular complexity index is 1100. The summed E-state index contributed by atoms with van der Waals surface area (Å²) in [4.78, 5) is 23.1. The molecule has 3 aromatic rings. The maximum absolute atomic E-state index is 10.6. The molecule has 3 aromatic heterocycles. The van der Waals surface area contributed by atoms with Crippen LogP contribution in [0.15, 0.2) is 30.6 Å². The van der Waals surface area contributed by atoms with Gasteiger partial charge in [0.1, 0.15) is 16.9 Å². The third kappa shape index (κ3) is 4.82. The van der Waals surface area contributed by atoms with Gasteiger partial charge in [-0.15, -0.1) is 0 Å². The van der Waals surface area contributed by atoms with E-state index in [0.717, 1.165) is 61.7 Å². The number of aliphatic hydroxyl groups is 1. The van der Waals surface area contributed by atoms with Gasteiger partial charge in [0.2, 0.25) is 5.95 Å². The van der Waals surface area contributed by atoms with Crippen LogP contribution in [0, 0.1) is 0 Å². The van der Waals surface area contributed by atoms with Gasteiger partial charge < -0.3 is 30.3 Å². The van der Waals surface area contributed by atoms with E-state index in [9.17, 15) is 5.11 Å². The van der Waals surface area contributed by atoms with E-state index in [1.165, 1.54) is 0 Å². The minimum atomic E-state index is -1.07. The molecule has 0 atom stereocenters. The topological polar surface area (TPSA) is 112 Å². The molecule has 3 N–H and O–H groups in total. The van der Waals surface area contributed by atoms with Gasteiger partial charge in [-0.25, -0.2) is 19.9 Å². The molecule has 0 radical (unpaired) electrons. The van der Waals surface area contributed by atoms with Gasteiger partial charge in [-0.2, -0.15) is 0 Å². The predicted octanol–water partition coefficient (Wildman–Crippen LogP) is 1.64. The SMILES string of the molecule is CC(C)(O)c1cc2cnc(Nc3ccc(N4CCNCC4)cn3)nc2c(N2CCOCC2)n1. The summed E-state index contributed by atoms with van der Waals surface area (Å²) >= 11 is 0. The molecular weight excluding hydrogens is 420 g/mol. The molecule has 10 nitrogen and oxygen atoms in total. The average Bonchev–Trinajstić information content (AvgIpc) is 2.84. The van der Waals surface area contributed by atoms with Crippen LogP contribution >= 0.6 is 0 Å². The first kappa shape index (κ1) is 21.7. The number of piperazine rings is 1. The molecule has 33 heavy (non-hydrogen) atoms. The van der Waals surface area contributed by atoms with E-state index in [2.05, 4.69) is 36.5 Å². The Morgan fingerprint density at radius 1 is 1.00 bits per heavy atom. The molecule has 2 fully saturated rings. The van der Waals surface area contributed by atoms with Crippen molar-refractivity contribution >= 4 is 34.2 Å². The number of pyridine rings is 2. The predicted molar refractivity (Wildman–Crippen MR) is 128 cm³/mol. The van der Waals surface area contributed by atoms with Gasteiger partial charge in [0, 0.05) is 50.9 Å². The molecule has 0 aliphatic carbocycles. The number of rotatable bonds is 5. The van der Waals surface area contributed by atoms with Crippen molar-refractivity contribution in [3.8, 4) is 0 Å². The number of anilines is 4. The fourth-order valence-corrected chi connectivity index (χ4v) is 4.08. The maximum atomic E-state index is 10.6. The highest BCUT2D eigenvalue weighted by Crippen LogP contribution is 2.30. The van der Waals surface area contributed by atoms with Crippen molar-refractivity contribution in [1.82, 2.24) is 25.3 Å². The Kier molecular flexibility index (Phi) is 5.96. The molecule has 2 aliphatic rings. The van der Waals surface area contributed by atoms with E-state index in [0.29, 0.717) is 30.7 Å². The van der Waals surface area contributed by atoms with Crippen LogP contribution in [-0.2, 0) is 10.3 Å². The molecular formula is C23H30N8O2. The molecule has 2 aliphatic heterocycles. The lowest BCUT2D eigenvalue weighted by atomic mass is 10.0. The van der Waals surface area contributed by atoms with Gasteiger partial charge in [-0.05, 0) is 32.0 Å². The van der Waals surface area contributed by atoms with Gasteiger partial charge in [-0.1, -0.05) is 0 Å². The summed E-state index contributed by atoms with van der Waals surface area (Å²) in [6.07, 6.45) is 3.64.